The van der Waals surface area contributed by atoms with Gasteiger partial charge < -0.3 is 14.8 Å². The van der Waals surface area contributed by atoms with E-state index < -0.39 is 5.91 Å². The lowest BCUT2D eigenvalue weighted by Crippen LogP contribution is -2.41. The topological polar surface area (TPSA) is 92.4 Å². The van der Waals surface area contributed by atoms with Crippen molar-refractivity contribution in [1.82, 2.24) is 20.0 Å². The van der Waals surface area contributed by atoms with Crippen molar-refractivity contribution in [3.05, 3.63) is 71.4 Å². The van der Waals surface area contributed by atoms with Gasteiger partial charge in [0, 0.05) is 43.5 Å². The molecule has 1 aromatic heterocycles. The van der Waals surface area contributed by atoms with Crippen molar-refractivity contribution in [2.75, 3.05) is 46.0 Å². The monoisotopic (exact) mass is 499 g/mol. The summed E-state index contributed by atoms with van der Waals surface area (Å²) in [5.41, 5.74) is 4.17. The first kappa shape index (κ1) is 26.1. The van der Waals surface area contributed by atoms with Crippen LogP contribution in [0.4, 0.5) is 0 Å². The van der Waals surface area contributed by atoms with Gasteiger partial charge in [-0.3, -0.25) is 9.69 Å². The molecule has 2 aromatic carbocycles. The molecule has 1 amide bonds. The molecule has 0 unspecified atom stereocenters. The predicted molar refractivity (Wildman–Crippen MR) is 143 cm³/mol. The minimum atomic E-state index is -0.395. The molecular weight excluding hydrogens is 466 g/mol. The largest absolute Gasteiger partial charge is 0.493 e. The van der Waals surface area contributed by atoms with Gasteiger partial charge in [-0.15, -0.1) is 0 Å². The number of para-hydroxylation sites is 1. The molecule has 0 atom stereocenters. The van der Waals surface area contributed by atoms with Crippen molar-refractivity contribution in [2.24, 2.45) is 0 Å². The zero-order chi connectivity index (χ0) is 26.0. The highest BCUT2D eigenvalue weighted by Crippen LogP contribution is 2.30. The molecule has 2 heterocycles. The first-order chi connectivity index (χ1) is 18.1. The lowest BCUT2D eigenvalue weighted by molar-refractivity contribution is -0.117. The lowest BCUT2D eigenvalue weighted by atomic mass is 10.0. The van der Waals surface area contributed by atoms with Gasteiger partial charge in [0.05, 0.1) is 25.5 Å². The highest BCUT2D eigenvalue weighted by atomic mass is 16.5. The highest BCUT2D eigenvalue weighted by molar-refractivity contribution is 6.02. The van der Waals surface area contributed by atoms with E-state index in [1.165, 1.54) is 0 Å². The van der Waals surface area contributed by atoms with E-state index in [-0.39, 0.29) is 5.57 Å². The number of nitrogens with zero attached hydrogens (tertiary/aromatic N) is 4. The minimum Gasteiger partial charge on any atom is -0.493 e. The number of rotatable bonds is 10. The Balaban J connectivity index is 1.61. The molecule has 1 aliphatic rings. The van der Waals surface area contributed by atoms with Gasteiger partial charge in [-0.25, -0.2) is 4.68 Å². The summed E-state index contributed by atoms with van der Waals surface area (Å²) in [6, 6.07) is 17.7. The van der Waals surface area contributed by atoms with Gasteiger partial charge in [0.25, 0.3) is 5.91 Å². The maximum absolute atomic E-state index is 12.9. The number of hydrogen-bond donors (Lipinski definition) is 1. The third-order valence-corrected chi connectivity index (χ3v) is 6.16. The molecule has 1 N–H and O–H groups in total. The molecule has 0 radical (unpaired) electrons. The molecule has 0 aliphatic carbocycles. The molecule has 0 bridgehead atoms. The average molecular weight is 500 g/mol. The predicted octanol–water partition coefficient (Wildman–Crippen LogP) is 3.99. The first-order valence-electron chi connectivity index (χ1n) is 12.7. The Morgan fingerprint density at radius 2 is 2.00 bits per heavy atom. The van der Waals surface area contributed by atoms with Crippen molar-refractivity contribution >= 4 is 12.0 Å². The average Bonchev–Trinajstić information content (AvgIpc) is 3.36. The van der Waals surface area contributed by atoms with Crippen molar-refractivity contribution in [3.63, 3.8) is 0 Å². The molecule has 1 saturated heterocycles. The maximum Gasteiger partial charge on any atom is 0.262 e. The molecular formula is C29H33N5O3. The molecule has 1 fully saturated rings. The van der Waals surface area contributed by atoms with Crippen LogP contribution in [-0.4, -0.2) is 66.6 Å². The summed E-state index contributed by atoms with van der Waals surface area (Å²) in [6.07, 6.45) is 4.39. The second kappa shape index (κ2) is 12.9. The van der Waals surface area contributed by atoms with E-state index >= 15 is 0 Å². The zero-order valence-corrected chi connectivity index (χ0v) is 21.4. The van der Waals surface area contributed by atoms with Crippen molar-refractivity contribution < 1.29 is 14.3 Å². The molecule has 8 nitrogen and oxygen atoms in total. The SMILES string of the molecule is CCCOc1ccc(-c2nn(-c3ccccc3)cc2C=C(C#N)C(=O)NCCN2CCOCC2)cc1C. The maximum atomic E-state index is 12.9. The fourth-order valence-electron chi connectivity index (χ4n) is 4.15. The number of aromatic nitrogens is 2. The number of ether oxygens (including phenoxy) is 2. The molecule has 3 aromatic rings. The van der Waals surface area contributed by atoms with Gasteiger partial charge in [0.2, 0.25) is 0 Å². The van der Waals surface area contributed by atoms with Crippen LogP contribution in [0.25, 0.3) is 23.0 Å². The smallest absolute Gasteiger partial charge is 0.262 e. The van der Waals surface area contributed by atoms with Crippen molar-refractivity contribution in [2.45, 2.75) is 20.3 Å². The van der Waals surface area contributed by atoms with Crippen LogP contribution in [0.5, 0.6) is 5.75 Å². The van der Waals surface area contributed by atoms with Gasteiger partial charge in [0.1, 0.15) is 23.1 Å². The Hall–Kier alpha value is -3.93. The summed E-state index contributed by atoms with van der Waals surface area (Å²) in [7, 11) is 0. The fraction of sp³-hybridized carbons (Fsp3) is 0.345. The van der Waals surface area contributed by atoms with E-state index in [4.69, 9.17) is 14.6 Å². The van der Waals surface area contributed by atoms with Gasteiger partial charge >= 0.3 is 0 Å². The number of nitriles is 1. The van der Waals surface area contributed by atoms with E-state index in [1.807, 2.05) is 61.7 Å². The van der Waals surface area contributed by atoms with E-state index in [2.05, 4.69) is 23.2 Å². The standard InChI is InChI=1S/C29H33N5O3/c1-3-15-37-27-10-9-23(18-22(27)2)28-25(21-34(32-28)26-7-5-4-6-8-26)19-24(20-30)29(35)31-11-12-33-13-16-36-17-14-33/h4-10,18-19,21H,3,11-17H2,1-2H3,(H,31,35). The minimum absolute atomic E-state index is 0.0375. The quantitative estimate of drug-likeness (QED) is 0.335. The Labute approximate surface area is 218 Å². The van der Waals surface area contributed by atoms with Crippen LogP contribution in [0.3, 0.4) is 0 Å². The molecule has 8 heteroatoms. The summed E-state index contributed by atoms with van der Waals surface area (Å²) < 4.78 is 13.0. The van der Waals surface area contributed by atoms with Crippen LogP contribution >= 0.6 is 0 Å². The number of nitrogens with one attached hydrogen (secondary N) is 1. The molecule has 1 aliphatic heterocycles. The van der Waals surface area contributed by atoms with Gasteiger partial charge in [0.15, 0.2) is 0 Å². The molecule has 4 rings (SSSR count). The summed E-state index contributed by atoms with van der Waals surface area (Å²) in [5.74, 6) is 0.441. The van der Waals surface area contributed by atoms with Crippen LogP contribution < -0.4 is 10.1 Å². The molecule has 37 heavy (non-hydrogen) atoms. The van der Waals surface area contributed by atoms with Gasteiger partial charge in [-0.1, -0.05) is 25.1 Å². The molecule has 0 saturated carbocycles. The second-order valence-corrected chi connectivity index (χ2v) is 8.92. The van der Waals surface area contributed by atoms with Crippen LogP contribution in [0.15, 0.2) is 60.3 Å². The summed E-state index contributed by atoms with van der Waals surface area (Å²) >= 11 is 0. The molecule has 0 spiro atoms. The number of carbonyl (C=O) groups is 1. The van der Waals surface area contributed by atoms with E-state index in [9.17, 15) is 10.1 Å². The number of benzene rings is 2. The number of hydrogen-bond acceptors (Lipinski definition) is 6. The Bertz CT molecular complexity index is 1270. The number of morpholine rings is 1. The van der Waals surface area contributed by atoms with E-state index in [1.54, 1.807) is 10.8 Å². The summed E-state index contributed by atoms with van der Waals surface area (Å²) in [5, 5.41) is 17.5. The third-order valence-electron chi connectivity index (χ3n) is 6.16. The zero-order valence-electron chi connectivity index (χ0n) is 21.4. The van der Waals surface area contributed by atoms with Crippen molar-refractivity contribution in [3.8, 4) is 28.8 Å². The molecule has 192 valence electrons. The summed E-state index contributed by atoms with van der Waals surface area (Å²) in [6.45, 7) is 9.02. The van der Waals surface area contributed by atoms with Crippen LogP contribution in [0, 0.1) is 18.3 Å². The normalized spacial score (nSPS) is 14.2. The van der Waals surface area contributed by atoms with E-state index in [0.717, 1.165) is 48.6 Å². The first-order valence-corrected chi connectivity index (χ1v) is 12.7. The summed E-state index contributed by atoms with van der Waals surface area (Å²) in [4.78, 5) is 15.1. The lowest BCUT2D eigenvalue weighted by Gasteiger charge is -2.26. The van der Waals surface area contributed by atoms with Gasteiger partial charge in [-0.2, -0.15) is 10.4 Å². The van der Waals surface area contributed by atoms with Crippen LogP contribution in [-0.2, 0) is 9.53 Å². The van der Waals surface area contributed by atoms with Crippen LogP contribution in [0.2, 0.25) is 0 Å². The highest BCUT2D eigenvalue weighted by Gasteiger charge is 2.17. The number of carbonyl (C=O) groups excluding carboxylic acids is 1. The van der Waals surface area contributed by atoms with Crippen LogP contribution in [0.1, 0.15) is 24.5 Å². The third kappa shape index (κ3) is 6.85. The van der Waals surface area contributed by atoms with E-state index in [0.29, 0.717) is 37.6 Å². The number of amides is 1. The Kier molecular flexibility index (Phi) is 9.08. The Morgan fingerprint density at radius 3 is 2.70 bits per heavy atom. The van der Waals surface area contributed by atoms with Gasteiger partial charge in [-0.05, 0) is 55.3 Å². The second-order valence-electron chi connectivity index (χ2n) is 8.92. The fourth-order valence-corrected chi connectivity index (χ4v) is 4.15. The van der Waals surface area contributed by atoms with Crippen molar-refractivity contribution in [1.29, 1.82) is 5.26 Å². The Morgan fingerprint density at radius 1 is 1.22 bits per heavy atom. The number of aryl methyl sites for hydroxylation is 1.